The lowest BCUT2D eigenvalue weighted by atomic mass is 9.87. The van der Waals surface area contributed by atoms with Crippen LogP contribution in [0, 0.1) is 6.92 Å². The van der Waals surface area contributed by atoms with Gasteiger partial charge in [-0.25, -0.2) is 0 Å². The molecule has 6 heteroatoms. The predicted molar refractivity (Wildman–Crippen MR) is 148 cm³/mol. The van der Waals surface area contributed by atoms with Crippen molar-refractivity contribution in [2.24, 2.45) is 0 Å². The average Bonchev–Trinajstić information content (AvgIpc) is 2.86. The minimum Gasteiger partial charge on any atom is -0.483 e. The molecule has 0 aliphatic heterocycles. The summed E-state index contributed by atoms with van der Waals surface area (Å²) < 4.78 is 6.74. The molecule has 0 aliphatic carbocycles. The minimum atomic E-state index is -0.679. The van der Waals surface area contributed by atoms with Gasteiger partial charge in [0, 0.05) is 20.0 Å². The van der Waals surface area contributed by atoms with Gasteiger partial charge in [0.25, 0.3) is 5.91 Å². The van der Waals surface area contributed by atoms with Crippen molar-refractivity contribution in [1.82, 2.24) is 10.2 Å². The summed E-state index contributed by atoms with van der Waals surface area (Å²) in [7, 11) is 1.60. The quantitative estimate of drug-likeness (QED) is 0.365. The van der Waals surface area contributed by atoms with Gasteiger partial charge in [-0.2, -0.15) is 0 Å². The van der Waals surface area contributed by atoms with Crippen LogP contribution in [0.5, 0.6) is 5.75 Å². The standard InChI is InChI=1S/C30H35BrN2O3/c1-21-11-13-23(14-12-21)19-33(26(29(35)32-5)17-22-9-7-6-8-10-22)28(34)20-36-27-16-15-24(18-25(27)31)30(2,3)4/h6-16,18,26H,17,19-20H2,1-5H3,(H,32,35). The number of hydrogen-bond acceptors (Lipinski definition) is 3. The zero-order chi connectivity index (χ0) is 26.3. The first-order valence-electron chi connectivity index (χ1n) is 12.1. The van der Waals surface area contributed by atoms with Gasteiger partial charge in [0.2, 0.25) is 5.91 Å². The lowest BCUT2D eigenvalue weighted by Crippen LogP contribution is -2.51. The molecule has 1 N–H and O–H groups in total. The van der Waals surface area contributed by atoms with Crippen LogP contribution in [0.1, 0.15) is 43.0 Å². The summed E-state index contributed by atoms with van der Waals surface area (Å²) in [6.07, 6.45) is 0.405. The molecule has 0 spiro atoms. The Labute approximate surface area is 223 Å². The molecular weight excluding hydrogens is 516 g/mol. The SMILES string of the molecule is CNC(=O)C(Cc1ccccc1)N(Cc1ccc(C)cc1)C(=O)COc1ccc(C(C)(C)C)cc1Br. The number of benzene rings is 3. The highest BCUT2D eigenvalue weighted by Gasteiger charge is 2.30. The van der Waals surface area contributed by atoms with E-state index in [1.54, 1.807) is 11.9 Å². The third-order valence-corrected chi connectivity index (χ3v) is 6.76. The van der Waals surface area contributed by atoms with E-state index in [9.17, 15) is 9.59 Å². The molecule has 0 saturated carbocycles. The number of nitrogens with one attached hydrogen (secondary N) is 1. The Bertz CT molecular complexity index is 1170. The van der Waals surface area contributed by atoms with E-state index in [0.717, 1.165) is 26.7 Å². The molecule has 3 aromatic carbocycles. The van der Waals surface area contributed by atoms with Crippen LogP contribution in [0.2, 0.25) is 0 Å². The number of nitrogens with zero attached hydrogens (tertiary/aromatic N) is 1. The summed E-state index contributed by atoms with van der Waals surface area (Å²) in [6.45, 7) is 8.58. The van der Waals surface area contributed by atoms with Crippen LogP contribution in [0.25, 0.3) is 0 Å². The smallest absolute Gasteiger partial charge is 0.261 e. The lowest BCUT2D eigenvalue weighted by molar-refractivity contribution is -0.142. The van der Waals surface area contributed by atoms with Gasteiger partial charge in [-0.3, -0.25) is 9.59 Å². The Hall–Kier alpha value is -3.12. The highest BCUT2D eigenvalue weighted by Crippen LogP contribution is 2.31. The van der Waals surface area contributed by atoms with E-state index in [2.05, 4.69) is 42.0 Å². The molecule has 1 unspecified atom stereocenters. The lowest BCUT2D eigenvalue weighted by Gasteiger charge is -2.31. The number of likely N-dealkylation sites (N-methyl/N-ethyl adjacent to an activating group) is 1. The second-order valence-electron chi connectivity index (χ2n) is 10.0. The highest BCUT2D eigenvalue weighted by atomic mass is 79.9. The Kier molecular flexibility index (Phi) is 9.32. The number of carbonyl (C=O) groups excluding carboxylic acids is 2. The second kappa shape index (κ2) is 12.2. The van der Waals surface area contributed by atoms with Gasteiger partial charge in [0.15, 0.2) is 6.61 Å². The summed E-state index contributed by atoms with van der Waals surface area (Å²) in [5.74, 6) is 0.119. The molecule has 0 aliphatic rings. The first kappa shape index (κ1) is 27.5. The number of rotatable bonds is 9. The molecule has 190 valence electrons. The molecule has 2 amide bonds. The van der Waals surface area contributed by atoms with Gasteiger partial charge in [0.1, 0.15) is 11.8 Å². The third kappa shape index (κ3) is 7.44. The maximum absolute atomic E-state index is 13.6. The van der Waals surface area contributed by atoms with Gasteiger partial charge in [-0.15, -0.1) is 0 Å². The molecule has 0 bridgehead atoms. The molecular formula is C30H35BrN2O3. The van der Waals surface area contributed by atoms with Crippen LogP contribution in [-0.2, 0) is 28.0 Å². The van der Waals surface area contributed by atoms with Crippen LogP contribution in [0.4, 0.5) is 0 Å². The van der Waals surface area contributed by atoms with Crippen LogP contribution in [0.3, 0.4) is 0 Å². The van der Waals surface area contributed by atoms with Crippen molar-refractivity contribution in [2.75, 3.05) is 13.7 Å². The summed E-state index contributed by atoms with van der Waals surface area (Å²) in [5, 5.41) is 2.74. The van der Waals surface area contributed by atoms with E-state index in [-0.39, 0.29) is 23.8 Å². The van der Waals surface area contributed by atoms with Gasteiger partial charge < -0.3 is 15.0 Å². The molecule has 36 heavy (non-hydrogen) atoms. The van der Waals surface area contributed by atoms with Crippen molar-refractivity contribution >= 4 is 27.7 Å². The van der Waals surface area contributed by atoms with Crippen LogP contribution in [0.15, 0.2) is 77.3 Å². The van der Waals surface area contributed by atoms with Crippen LogP contribution in [-0.4, -0.2) is 36.4 Å². The van der Waals surface area contributed by atoms with Crippen molar-refractivity contribution in [2.45, 2.75) is 52.1 Å². The molecule has 3 aromatic rings. The monoisotopic (exact) mass is 550 g/mol. The van der Waals surface area contributed by atoms with E-state index in [1.165, 1.54) is 0 Å². The highest BCUT2D eigenvalue weighted by molar-refractivity contribution is 9.10. The number of carbonyl (C=O) groups is 2. The molecule has 5 nitrogen and oxygen atoms in total. The van der Waals surface area contributed by atoms with Crippen molar-refractivity contribution in [3.63, 3.8) is 0 Å². The molecule has 0 radical (unpaired) electrons. The molecule has 0 saturated heterocycles. The maximum atomic E-state index is 13.6. The fraction of sp³-hybridized carbons (Fsp3) is 0.333. The fourth-order valence-electron chi connectivity index (χ4n) is 3.92. The van der Waals surface area contributed by atoms with Gasteiger partial charge >= 0.3 is 0 Å². The van der Waals surface area contributed by atoms with Crippen LogP contribution >= 0.6 is 15.9 Å². The van der Waals surface area contributed by atoms with E-state index in [0.29, 0.717) is 18.7 Å². The number of hydrogen-bond donors (Lipinski definition) is 1. The van der Waals surface area contributed by atoms with E-state index < -0.39 is 6.04 Å². The summed E-state index contributed by atoms with van der Waals surface area (Å²) >= 11 is 3.58. The molecule has 1 atom stereocenters. The minimum absolute atomic E-state index is 0.000119. The largest absolute Gasteiger partial charge is 0.483 e. The van der Waals surface area contributed by atoms with E-state index >= 15 is 0 Å². The summed E-state index contributed by atoms with van der Waals surface area (Å²) in [6, 6.07) is 23.0. The summed E-state index contributed by atoms with van der Waals surface area (Å²) in [4.78, 5) is 28.2. The topological polar surface area (TPSA) is 58.6 Å². The molecule has 3 rings (SSSR count). The number of amides is 2. The third-order valence-electron chi connectivity index (χ3n) is 6.14. The second-order valence-corrected chi connectivity index (χ2v) is 10.9. The fourth-order valence-corrected chi connectivity index (χ4v) is 4.41. The summed E-state index contributed by atoms with van der Waals surface area (Å²) in [5.41, 5.74) is 4.23. The number of aryl methyl sites for hydroxylation is 1. The normalized spacial score (nSPS) is 12.1. The Balaban J connectivity index is 1.86. The predicted octanol–water partition coefficient (Wildman–Crippen LogP) is 5.82. The Morgan fingerprint density at radius 2 is 1.64 bits per heavy atom. The zero-order valence-corrected chi connectivity index (χ0v) is 23.3. The maximum Gasteiger partial charge on any atom is 0.261 e. The van der Waals surface area contributed by atoms with Crippen molar-refractivity contribution in [3.8, 4) is 5.75 Å². The molecule has 0 heterocycles. The van der Waals surface area contributed by atoms with Crippen molar-refractivity contribution in [1.29, 1.82) is 0 Å². The molecule has 0 aromatic heterocycles. The average molecular weight is 552 g/mol. The number of halogens is 1. The van der Waals surface area contributed by atoms with Gasteiger partial charge in [0.05, 0.1) is 4.47 Å². The molecule has 0 fully saturated rings. The van der Waals surface area contributed by atoms with Crippen molar-refractivity contribution in [3.05, 3.63) is 99.5 Å². The van der Waals surface area contributed by atoms with Crippen molar-refractivity contribution < 1.29 is 14.3 Å². The Morgan fingerprint density at radius 1 is 0.972 bits per heavy atom. The first-order chi connectivity index (χ1) is 17.1. The van der Waals surface area contributed by atoms with Gasteiger partial charge in [-0.1, -0.05) is 87.0 Å². The Morgan fingerprint density at radius 3 is 2.22 bits per heavy atom. The number of ether oxygens (including phenoxy) is 1. The first-order valence-corrected chi connectivity index (χ1v) is 12.9. The van der Waals surface area contributed by atoms with E-state index in [4.69, 9.17) is 4.74 Å². The van der Waals surface area contributed by atoms with E-state index in [1.807, 2.05) is 79.7 Å². The zero-order valence-electron chi connectivity index (χ0n) is 21.7. The van der Waals surface area contributed by atoms with Gasteiger partial charge in [-0.05, 0) is 57.1 Å². The van der Waals surface area contributed by atoms with Crippen LogP contribution < -0.4 is 10.1 Å².